The molecule has 2 aliphatic carbocycles. The topological polar surface area (TPSA) is 104 Å². The van der Waals surface area contributed by atoms with Crippen LogP contribution in [-0.2, 0) is 9.53 Å². The summed E-state index contributed by atoms with van der Waals surface area (Å²) in [5.41, 5.74) is 4.58. The van der Waals surface area contributed by atoms with Gasteiger partial charge in [-0.2, -0.15) is 10.4 Å². The van der Waals surface area contributed by atoms with Crippen LogP contribution in [0.15, 0.2) is 30.5 Å². The van der Waals surface area contributed by atoms with Crippen LogP contribution in [0.5, 0.6) is 0 Å². The molecule has 2 saturated carbocycles. The van der Waals surface area contributed by atoms with Gasteiger partial charge in [-0.3, -0.25) is 9.89 Å². The molecule has 0 unspecified atom stereocenters. The molecule has 0 bridgehead atoms. The molecule has 1 aliphatic heterocycles. The van der Waals surface area contributed by atoms with Crippen molar-refractivity contribution < 1.29 is 23.4 Å². The number of carbonyl (C=O) groups is 1. The van der Waals surface area contributed by atoms with Crippen molar-refractivity contribution in [1.29, 1.82) is 5.26 Å². The third-order valence-electron chi connectivity index (χ3n) is 9.10. The highest BCUT2D eigenvalue weighted by Crippen LogP contribution is 2.65. The van der Waals surface area contributed by atoms with Gasteiger partial charge in [0.2, 0.25) is 0 Å². The van der Waals surface area contributed by atoms with E-state index in [0.29, 0.717) is 42.8 Å². The minimum Gasteiger partial charge on any atom is -0.481 e. The summed E-state index contributed by atoms with van der Waals surface area (Å²) in [5, 5.41) is 28.5. The van der Waals surface area contributed by atoms with E-state index in [1.165, 1.54) is 6.07 Å². The predicted octanol–water partition coefficient (Wildman–Crippen LogP) is 5.91. The molecule has 2 N–H and O–H groups in total. The maximum Gasteiger partial charge on any atom is 0.306 e. The Labute approximate surface area is 217 Å². The summed E-state index contributed by atoms with van der Waals surface area (Å²) < 4.78 is 36.2. The maximum atomic E-state index is 14.6. The first-order valence-electron chi connectivity index (χ1n) is 13.1. The number of hydrogen-bond acceptors (Lipinski definition) is 4. The number of aromatic nitrogens is 3. The van der Waals surface area contributed by atoms with Gasteiger partial charge >= 0.3 is 5.97 Å². The van der Waals surface area contributed by atoms with Crippen LogP contribution in [-0.4, -0.2) is 39.1 Å². The highest BCUT2D eigenvalue weighted by atomic mass is 19.2. The molecule has 0 radical (unpaired) electrons. The molecule has 2 aromatic heterocycles. The van der Waals surface area contributed by atoms with E-state index < -0.39 is 17.6 Å². The fourth-order valence-electron chi connectivity index (χ4n) is 7.39. The van der Waals surface area contributed by atoms with E-state index in [-0.39, 0.29) is 23.2 Å². The number of nitriles is 1. The van der Waals surface area contributed by atoms with Gasteiger partial charge in [0, 0.05) is 47.4 Å². The van der Waals surface area contributed by atoms with Gasteiger partial charge in [0.05, 0.1) is 28.7 Å². The van der Waals surface area contributed by atoms with Crippen LogP contribution in [0.25, 0.3) is 27.5 Å². The maximum absolute atomic E-state index is 14.6. The molecular formula is C29H26F2N4O3. The molecule has 0 atom stereocenters. The number of carboxylic acid groups (broad SMARTS) is 1. The molecule has 3 fully saturated rings. The Balaban J connectivity index is 1.49. The first kappa shape index (κ1) is 23.4. The molecule has 0 amide bonds. The average Bonchev–Trinajstić information content (AvgIpc) is 3.46. The number of aliphatic carboxylic acids is 1. The van der Waals surface area contributed by atoms with Crippen LogP contribution in [0, 0.1) is 34.3 Å². The normalized spacial score (nSPS) is 25.4. The highest BCUT2D eigenvalue weighted by Gasteiger charge is 2.56. The second kappa shape index (κ2) is 8.37. The number of nitrogens with one attached hydrogen (secondary N) is 1. The fraction of sp³-hybridized carbons (Fsp3) is 0.414. The molecule has 3 heterocycles. The molecule has 7 rings (SSSR count). The number of ether oxygens (including phenoxy) is 1. The van der Waals surface area contributed by atoms with Crippen molar-refractivity contribution in [3.63, 3.8) is 0 Å². The minimum absolute atomic E-state index is 0.0297. The smallest absolute Gasteiger partial charge is 0.306 e. The number of nitrogens with zero attached hydrogens (tertiary/aromatic N) is 3. The zero-order chi connectivity index (χ0) is 26.2. The summed E-state index contributed by atoms with van der Waals surface area (Å²) >= 11 is 0. The lowest BCUT2D eigenvalue weighted by atomic mass is 9.47. The predicted molar refractivity (Wildman–Crippen MR) is 135 cm³/mol. The van der Waals surface area contributed by atoms with Crippen LogP contribution >= 0.6 is 0 Å². The number of H-pyrrole nitrogens is 1. The lowest BCUT2D eigenvalue weighted by Crippen LogP contribution is -2.49. The average molecular weight is 517 g/mol. The van der Waals surface area contributed by atoms with Gasteiger partial charge in [0.15, 0.2) is 11.6 Å². The first-order chi connectivity index (χ1) is 18.4. The van der Waals surface area contributed by atoms with Crippen molar-refractivity contribution in [2.24, 2.45) is 11.3 Å². The summed E-state index contributed by atoms with van der Waals surface area (Å²) in [5.74, 6) is -2.59. The lowest BCUT2D eigenvalue weighted by molar-refractivity contribution is -0.155. The Morgan fingerprint density at radius 1 is 1.13 bits per heavy atom. The Morgan fingerprint density at radius 3 is 2.58 bits per heavy atom. The monoisotopic (exact) mass is 516 g/mol. The summed E-state index contributed by atoms with van der Waals surface area (Å²) in [4.78, 5) is 11.5. The Kier molecular flexibility index (Phi) is 5.14. The molecule has 1 spiro atoms. The number of benzene rings is 2. The summed E-state index contributed by atoms with van der Waals surface area (Å²) in [6.45, 7) is 1.21. The zero-order valence-corrected chi connectivity index (χ0v) is 20.6. The van der Waals surface area contributed by atoms with E-state index in [0.717, 1.165) is 59.3 Å². The molecule has 194 valence electrons. The second-order valence-corrected chi connectivity index (χ2v) is 11.3. The van der Waals surface area contributed by atoms with Crippen molar-refractivity contribution >= 4 is 27.8 Å². The van der Waals surface area contributed by atoms with Gasteiger partial charge < -0.3 is 14.4 Å². The molecule has 1 saturated heterocycles. The van der Waals surface area contributed by atoms with E-state index >= 15 is 0 Å². The van der Waals surface area contributed by atoms with Crippen molar-refractivity contribution in [3.05, 3.63) is 58.9 Å². The SMILES string of the molecule is N#Cc1c2[nH]ncc2cc2c1c(C1CC3(CC(C(=O)O)C3)C1)c(C1CCOCC1)n2-c1ccc(F)c(F)c1. The van der Waals surface area contributed by atoms with Crippen molar-refractivity contribution in [1.82, 2.24) is 14.8 Å². The number of aromatic amines is 1. The van der Waals surface area contributed by atoms with E-state index in [9.17, 15) is 23.9 Å². The largest absolute Gasteiger partial charge is 0.481 e. The van der Waals surface area contributed by atoms with Crippen molar-refractivity contribution in [2.75, 3.05) is 13.2 Å². The van der Waals surface area contributed by atoms with E-state index in [2.05, 4.69) is 16.3 Å². The van der Waals surface area contributed by atoms with Crippen LogP contribution in [0.3, 0.4) is 0 Å². The van der Waals surface area contributed by atoms with Gasteiger partial charge in [-0.15, -0.1) is 0 Å². The number of halogens is 2. The standard InChI is InChI=1S/C29H26F2N4O3/c30-21-2-1-19(8-22(21)31)35-23-7-16-14-33-34-26(16)20(13-32)25(23)24(27(35)15-3-5-38-6-4-15)17-9-29(10-17)11-18(12-29)28(36)37/h1-2,7-8,14-15,17-18H,3-6,9-12H2,(H,33,34)(H,36,37). The first-order valence-corrected chi connectivity index (χ1v) is 13.1. The molecular weight excluding hydrogens is 490 g/mol. The molecule has 4 aromatic rings. The third kappa shape index (κ3) is 3.33. The van der Waals surface area contributed by atoms with Crippen LogP contribution in [0.4, 0.5) is 8.78 Å². The Bertz CT molecular complexity index is 1650. The Hall–Kier alpha value is -3.77. The van der Waals surface area contributed by atoms with Gasteiger partial charge in [-0.05, 0) is 73.6 Å². The number of rotatable bonds is 4. The van der Waals surface area contributed by atoms with E-state index in [4.69, 9.17) is 4.74 Å². The molecule has 2 aromatic carbocycles. The lowest BCUT2D eigenvalue weighted by Gasteiger charge is -2.57. The molecule has 9 heteroatoms. The molecule has 38 heavy (non-hydrogen) atoms. The van der Waals surface area contributed by atoms with Crippen LogP contribution < -0.4 is 0 Å². The van der Waals surface area contributed by atoms with Gasteiger partial charge in [-0.1, -0.05) is 0 Å². The van der Waals surface area contributed by atoms with Crippen molar-refractivity contribution in [3.8, 4) is 11.8 Å². The van der Waals surface area contributed by atoms with Gasteiger partial charge in [-0.25, -0.2) is 8.78 Å². The number of fused-ring (bicyclic) bond motifs is 2. The van der Waals surface area contributed by atoms with Crippen LogP contribution in [0.1, 0.15) is 67.2 Å². The number of carboxylic acids is 1. The summed E-state index contributed by atoms with van der Waals surface area (Å²) in [7, 11) is 0. The Morgan fingerprint density at radius 2 is 1.89 bits per heavy atom. The minimum atomic E-state index is -0.925. The van der Waals surface area contributed by atoms with Crippen molar-refractivity contribution in [2.45, 2.75) is 50.4 Å². The zero-order valence-electron chi connectivity index (χ0n) is 20.6. The second-order valence-electron chi connectivity index (χ2n) is 11.3. The summed E-state index contributed by atoms with van der Waals surface area (Å²) in [6, 6.07) is 8.33. The quantitative estimate of drug-likeness (QED) is 0.351. The van der Waals surface area contributed by atoms with Gasteiger partial charge in [0.1, 0.15) is 6.07 Å². The van der Waals surface area contributed by atoms with E-state index in [1.54, 1.807) is 12.3 Å². The summed E-state index contributed by atoms with van der Waals surface area (Å²) in [6.07, 6.45) is 6.32. The van der Waals surface area contributed by atoms with E-state index in [1.807, 2.05) is 10.6 Å². The molecule has 7 nitrogen and oxygen atoms in total. The third-order valence-corrected chi connectivity index (χ3v) is 9.10. The van der Waals surface area contributed by atoms with Crippen LogP contribution in [0.2, 0.25) is 0 Å². The fourth-order valence-corrected chi connectivity index (χ4v) is 7.39. The number of hydrogen-bond donors (Lipinski definition) is 2. The highest BCUT2D eigenvalue weighted by molar-refractivity contribution is 6.05. The molecule has 3 aliphatic rings. The van der Waals surface area contributed by atoms with Gasteiger partial charge in [0.25, 0.3) is 0 Å².